The van der Waals surface area contributed by atoms with Gasteiger partial charge < -0.3 is 9.47 Å². The summed E-state index contributed by atoms with van der Waals surface area (Å²) >= 11 is 0. The van der Waals surface area contributed by atoms with Gasteiger partial charge in [-0.05, 0) is 109 Å². The van der Waals surface area contributed by atoms with Gasteiger partial charge in [0.05, 0.1) is 14.2 Å². The van der Waals surface area contributed by atoms with E-state index in [0.717, 1.165) is 23.3 Å². The molecule has 2 aliphatic rings. The fourth-order valence-electron chi connectivity index (χ4n) is 6.33. The van der Waals surface area contributed by atoms with Crippen molar-refractivity contribution in [2.45, 2.75) is 96.3 Å². The van der Waals surface area contributed by atoms with Gasteiger partial charge in [0.15, 0.2) is 0 Å². The molecule has 2 nitrogen and oxygen atoms in total. The van der Waals surface area contributed by atoms with Gasteiger partial charge in [-0.2, -0.15) is 0 Å². The zero-order valence-corrected chi connectivity index (χ0v) is 21.4. The molecule has 0 aromatic heterocycles. The minimum Gasteiger partial charge on any atom is -0.497 e. The SMILES string of the molecule is CCCCC1CCC(c2ccc(OC)cc2-c2cc(OC)ccc2C2CCC(C)CC2)CC1. The Morgan fingerprint density at radius 1 is 0.697 bits per heavy atom. The lowest BCUT2D eigenvalue weighted by atomic mass is 9.73. The largest absolute Gasteiger partial charge is 0.497 e. The van der Waals surface area contributed by atoms with Crippen molar-refractivity contribution in [2.75, 3.05) is 14.2 Å². The number of benzene rings is 2. The molecule has 0 saturated heterocycles. The van der Waals surface area contributed by atoms with Crippen LogP contribution in [-0.4, -0.2) is 14.2 Å². The molecule has 0 N–H and O–H groups in total. The van der Waals surface area contributed by atoms with Crippen molar-refractivity contribution in [3.63, 3.8) is 0 Å². The highest BCUT2D eigenvalue weighted by Crippen LogP contribution is 2.46. The molecule has 0 unspecified atom stereocenters. The highest BCUT2D eigenvalue weighted by molar-refractivity contribution is 5.75. The number of ether oxygens (including phenoxy) is 2. The Bertz CT molecular complexity index is 886. The van der Waals surface area contributed by atoms with Crippen molar-refractivity contribution in [1.82, 2.24) is 0 Å². The molecule has 0 bridgehead atoms. The fourth-order valence-corrected chi connectivity index (χ4v) is 6.33. The number of rotatable bonds is 8. The maximum Gasteiger partial charge on any atom is 0.119 e. The van der Waals surface area contributed by atoms with Gasteiger partial charge >= 0.3 is 0 Å². The van der Waals surface area contributed by atoms with Gasteiger partial charge in [0, 0.05) is 0 Å². The highest BCUT2D eigenvalue weighted by Gasteiger charge is 2.27. The molecule has 0 aliphatic heterocycles. The van der Waals surface area contributed by atoms with Crippen LogP contribution in [0.25, 0.3) is 11.1 Å². The van der Waals surface area contributed by atoms with Crippen molar-refractivity contribution >= 4 is 0 Å². The monoisotopic (exact) mass is 448 g/mol. The Balaban J connectivity index is 1.69. The van der Waals surface area contributed by atoms with Crippen molar-refractivity contribution in [3.8, 4) is 22.6 Å². The van der Waals surface area contributed by atoms with Crippen LogP contribution in [0.3, 0.4) is 0 Å². The van der Waals surface area contributed by atoms with Crippen LogP contribution >= 0.6 is 0 Å². The summed E-state index contributed by atoms with van der Waals surface area (Å²) in [5.74, 6) is 4.99. The van der Waals surface area contributed by atoms with E-state index in [1.807, 2.05) is 0 Å². The lowest BCUT2D eigenvalue weighted by molar-refractivity contribution is 0.304. The lowest BCUT2D eigenvalue weighted by Crippen LogP contribution is -2.15. The van der Waals surface area contributed by atoms with Crippen molar-refractivity contribution in [2.24, 2.45) is 11.8 Å². The third-order valence-corrected chi connectivity index (χ3v) is 8.52. The second-order valence-corrected chi connectivity index (χ2v) is 10.7. The normalized spacial score (nSPS) is 25.6. The molecule has 2 aromatic carbocycles. The van der Waals surface area contributed by atoms with Crippen LogP contribution in [0, 0.1) is 11.8 Å². The molecule has 2 saturated carbocycles. The van der Waals surface area contributed by atoms with E-state index in [0.29, 0.717) is 11.8 Å². The van der Waals surface area contributed by atoms with Gasteiger partial charge in [0.1, 0.15) is 11.5 Å². The molecule has 33 heavy (non-hydrogen) atoms. The average molecular weight is 449 g/mol. The Labute approximate surface area is 202 Å². The highest BCUT2D eigenvalue weighted by atomic mass is 16.5. The molecule has 180 valence electrons. The van der Waals surface area contributed by atoms with Crippen LogP contribution in [0.2, 0.25) is 0 Å². The average Bonchev–Trinajstić information content (AvgIpc) is 2.87. The molecule has 4 rings (SSSR count). The molecule has 0 spiro atoms. The summed E-state index contributed by atoms with van der Waals surface area (Å²) in [7, 11) is 3.57. The minimum atomic E-state index is 0.644. The number of hydrogen-bond donors (Lipinski definition) is 0. The van der Waals surface area contributed by atoms with Crippen LogP contribution < -0.4 is 9.47 Å². The molecular formula is C31H44O2. The van der Waals surface area contributed by atoms with Crippen molar-refractivity contribution in [1.29, 1.82) is 0 Å². The standard InChI is InChI=1S/C31H44O2/c1-5-6-7-23-10-14-25(15-11-23)29-19-17-27(33-4)21-31(29)30-20-26(32-3)16-18-28(30)24-12-8-22(2)9-13-24/h16-25H,5-15H2,1-4H3. The fraction of sp³-hybridized carbons (Fsp3) is 0.613. The van der Waals surface area contributed by atoms with Crippen LogP contribution in [0.5, 0.6) is 11.5 Å². The summed E-state index contributed by atoms with van der Waals surface area (Å²) in [5.41, 5.74) is 5.77. The van der Waals surface area contributed by atoms with Gasteiger partial charge in [0.2, 0.25) is 0 Å². The van der Waals surface area contributed by atoms with Crippen LogP contribution in [-0.2, 0) is 0 Å². The van der Waals surface area contributed by atoms with Gasteiger partial charge in [-0.25, -0.2) is 0 Å². The van der Waals surface area contributed by atoms with Crippen LogP contribution in [0.4, 0.5) is 0 Å². The van der Waals surface area contributed by atoms with E-state index in [1.165, 1.54) is 92.9 Å². The second-order valence-electron chi connectivity index (χ2n) is 10.7. The molecule has 0 atom stereocenters. The Hall–Kier alpha value is -1.96. The molecule has 0 heterocycles. The summed E-state index contributed by atoms with van der Waals surface area (Å²) in [6, 6.07) is 13.6. The summed E-state index contributed by atoms with van der Waals surface area (Å²) < 4.78 is 11.4. The maximum absolute atomic E-state index is 5.70. The first-order valence-corrected chi connectivity index (χ1v) is 13.5. The predicted molar refractivity (Wildman–Crippen MR) is 140 cm³/mol. The number of methoxy groups -OCH3 is 2. The molecule has 2 heteroatoms. The Morgan fingerprint density at radius 2 is 1.18 bits per heavy atom. The first kappa shape index (κ1) is 24.2. The van der Waals surface area contributed by atoms with Crippen LogP contribution in [0.1, 0.15) is 107 Å². The van der Waals surface area contributed by atoms with E-state index in [1.54, 1.807) is 14.2 Å². The quantitative estimate of drug-likeness (QED) is 0.401. The topological polar surface area (TPSA) is 18.5 Å². The van der Waals surface area contributed by atoms with Gasteiger partial charge in [-0.3, -0.25) is 0 Å². The van der Waals surface area contributed by atoms with E-state index >= 15 is 0 Å². The molecule has 0 radical (unpaired) electrons. The van der Waals surface area contributed by atoms with E-state index in [4.69, 9.17) is 9.47 Å². The number of hydrogen-bond acceptors (Lipinski definition) is 2. The molecule has 0 amide bonds. The summed E-state index contributed by atoms with van der Waals surface area (Å²) in [5, 5.41) is 0. The van der Waals surface area contributed by atoms with Crippen molar-refractivity contribution < 1.29 is 9.47 Å². The first-order valence-electron chi connectivity index (χ1n) is 13.5. The zero-order chi connectivity index (χ0) is 23.2. The van der Waals surface area contributed by atoms with E-state index < -0.39 is 0 Å². The number of unbranched alkanes of at least 4 members (excludes halogenated alkanes) is 1. The first-order chi connectivity index (χ1) is 16.1. The smallest absolute Gasteiger partial charge is 0.119 e. The third-order valence-electron chi connectivity index (χ3n) is 8.52. The predicted octanol–water partition coefficient (Wildman–Crippen LogP) is 9.13. The van der Waals surface area contributed by atoms with Crippen LogP contribution in [0.15, 0.2) is 36.4 Å². The minimum absolute atomic E-state index is 0.644. The maximum atomic E-state index is 5.70. The van der Waals surface area contributed by atoms with Gasteiger partial charge in [0.25, 0.3) is 0 Å². The molecule has 2 aliphatic carbocycles. The Morgan fingerprint density at radius 3 is 1.64 bits per heavy atom. The van der Waals surface area contributed by atoms with E-state index in [9.17, 15) is 0 Å². The zero-order valence-electron chi connectivity index (χ0n) is 21.4. The summed E-state index contributed by atoms with van der Waals surface area (Å²) in [4.78, 5) is 0. The third kappa shape index (κ3) is 5.76. The summed E-state index contributed by atoms with van der Waals surface area (Å²) in [6.07, 6.45) is 14.8. The lowest BCUT2D eigenvalue weighted by Gasteiger charge is -2.32. The van der Waals surface area contributed by atoms with E-state index in [-0.39, 0.29) is 0 Å². The Kier molecular flexibility index (Phi) is 8.39. The molecule has 2 fully saturated rings. The van der Waals surface area contributed by atoms with E-state index in [2.05, 4.69) is 50.2 Å². The van der Waals surface area contributed by atoms with Gasteiger partial charge in [-0.15, -0.1) is 0 Å². The summed E-state index contributed by atoms with van der Waals surface area (Å²) in [6.45, 7) is 4.72. The molecular weight excluding hydrogens is 404 g/mol. The van der Waals surface area contributed by atoms with Gasteiger partial charge in [-0.1, -0.05) is 58.1 Å². The molecule has 2 aromatic rings. The van der Waals surface area contributed by atoms with Crippen molar-refractivity contribution in [3.05, 3.63) is 47.5 Å². The second kappa shape index (κ2) is 11.4.